The first-order valence-corrected chi connectivity index (χ1v) is 16.7. The third-order valence-corrected chi connectivity index (χ3v) is 9.76. The lowest BCUT2D eigenvalue weighted by molar-refractivity contribution is 0.367. The summed E-state index contributed by atoms with van der Waals surface area (Å²) < 4.78 is 0. The Kier molecular flexibility index (Phi) is 10.5. The minimum Gasteiger partial charge on any atom is -0.282 e. The summed E-state index contributed by atoms with van der Waals surface area (Å²) in [5.41, 5.74) is 7.64. The predicted octanol–water partition coefficient (Wildman–Crippen LogP) is 10.8. The van der Waals surface area contributed by atoms with Crippen LogP contribution in [0.4, 0.5) is 0 Å². The number of rotatable bonds is 11. The molecule has 0 N–H and O–H groups in total. The van der Waals surface area contributed by atoms with E-state index in [-0.39, 0.29) is 0 Å². The highest BCUT2D eigenvalue weighted by Crippen LogP contribution is 2.34. The Morgan fingerprint density at radius 3 is 2.27 bits per heavy atom. The number of aliphatic imine (C=N–C) groups is 1. The van der Waals surface area contributed by atoms with Crippen LogP contribution in [-0.2, 0) is 6.42 Å². The van der Waals surface area contributed by atoms with E-state index in [1.165, 1.54) is 123 Å². The first kappa shape index (κ1) is 29.0. The Hall–Kier alpha value is -2.48. The number of nitrogens with zero attached hydrogens (tertiary/aromatic N) is 2. The topological polar surface area (TPSA) is 25.2 Å². The van der Waals surface area contributed by atoms with E-state index in [1.54, 1.807) is 0 Å². The summed E-state index contributed by atoms with van der Waals surface area (Å²) in [6.07, 6.45) is 19.6. The highest BCUT2D eigenvalue weighted by atomic mass is 14.8. The largest absolute Gasteiger partial charge is 0.282 e. The van der Waals surface area contributed by atoms with Gasteiger partial charge in [0.15, 0.2) is 0 Å². The van der Waals surface area contributed by atoms with Gasteiger partial charge in [-0.15, -0.1) is 0 Å². The molecule has 2 aliphatic carbocycles. The summed E-state index contributed by atoms with van der Waals surface area (Å²) in [5, 5.41) is 2.63. The third kappa shape index (κ3) is 7.23. The molecule has 0 atom stereocenters. The van der Waals surface area contributed by atoms with Gasteiger partial charge in [-0.3, -0.25) is 9.98 Å². The molecule has 2 aliphatic rings. The van der Waals surface area contributed by atoms with Crippen LogP contribution < -0.4 is 0 Å². The van der Waals surface area contributed by atoms with Gasteiger partial charge >= 0.3 is 0 Å². The van der Waals surface area contributed by atoms with E-state index in [0.29, 0.717) is 17.8 Å². The summed E-state index contributed by atoms with van der Waals surface area (Å²) in [4.78, 5) is 11.0. The van der Waals surface area contributed by atoms with Crippen molar-refractivity contribution in [3.05, 3.63) is 76.6 Å². The molecule has 1 heterocycles. The molecule has 1 aromatic heterocycles. The van der Waals surface area contributed by atoms with Crippen molar-refractivity contribution in [1.29, 1.82) is 0 Å². The molecule has 0 bridgehead atoms. The number of hydrogen-bond donors (Lipinski definition) is 0. The third-order valence-electron chi connectivity index (χ3n) is 9.76. The smallest absolute Gasteiger partial charge is 0.0906 e. The van der Waals surface area contributed by atoms with Crippen LogP contribution >= 0.6 is 0 Å². The van der Waals surface area contributed by atoms with Crippen LogP contribution in [0, 0.1) is 18.8 Å². The van der Waals surface area contributed by atoms with Gasteiger partial charge in [-0.1, -0.05) is 114 Å². The molecule has 5 rings (SSSR count). The van der Waals surface area contributed by atoms with Crippen LogP contribution in [0.25, 0.3) is 10.8 Å². The lowest BCUT2D eigenvalue weighted by Crippen LogP contribution is -2.16. The van der Waals surface area contributed by atoms with Gasteiger partial charge in [0.25, 0.3) is 0 Å². The fourth-order valence-corrected chi connectivity index (χ4v) is 7.47. The normalized spacial score (nSPS) is 17.6. The molecular formula is C38H52N2. The van der Waals surface area contributed by atoms with Crippen molar-refractivity contribution < 1.29 is 0 Å². The van der Waals surface area contributed by atoms with Crippen LogP contribution in [0.1, 0.15) is 138 Å². The zero-order valence-electron chi connectivity index (χ0n) is 25.6. The maximum atomic E-state index is 5.50. The molecule has 40 heavy (non-hydrogen) atoms. The molecule has 0 amide bonds. The van der Waals surface area contributed by atoms with E-state index < -0.39 is 0 Å². The van der Waals surface area contributed by atoms with Crippen LogP contribution in [0.3, 0.4) is 0 Å². The standard InChI is InChI=1S/C38H52N2/c1-4-14-29(15-5-2)24-36-34-21-13-12-20-33(34)26-37(40-36)38(39-27-30-16-8-6-9-17-30)35-25-32(23-22-28(35)3)31-18-10-7-11-19-31/h12-13,20-23,25-26,29-31H,4-11,14-19,24,27H2,1-3H3. The Morgan fingerprint density at radius 2 is 1.55 bits per heavy atom. The lowest BCUT2D eigenvalue weighted by Gasteiger charge is -2.24. The van der Waals surface area contributed by atoms with Crippen LogP contribution in [0.5, 0.6) is 0 Å². The number of benzene rings is 2. The zero-order valence-corrected chi connectivity index (χ0v) is 25.6. The van der Waals surface area contributed by atoms with Gasteiger partial charge in [-0.05, 0) is 85.4 Å². The second-order valence-electron chi connectivity index (χ2n) is 12.9. The maximum absolute atomic E-state index is 5.50. The molecule has 2 fully saturated rings. The van der Waals surface area contributed by atoms with Crippen molar-refractivity contribution in [2.45, 2.75) is 123 Å². The average Bonchev–Trinajstić information content (AvgIpc) is 2.99. The molecule has 0 spiro atoms. The molecule has 2 nitrogen and oxygen atoms in total. The Labute approximate surface area is 244 Å². The van der Waals surface area contributed by atoms with E-state index in [4.69, 9.17) is 9.98 Å². The fraction of sp³-hybridized carbons (Fsp3) is 0.579. The minimum absolute atomic E-state index is 0.691. The maximum Gasteiger partial charge on any atom is 0.0906 e. The van der Waals surface area contributed by atoms with Crippen LogP contribution in [0.15, 0.2) is 53.5 Å². The monoisotopic (exact) mass is 536 g/mol. The molecule has 3 aromatic rings. The molecule has 0 saturated heterocycles. The average molecular weight is 537 g/mol. The summed E-state index contributed by atoms with van der Waals surface area (Å²) in [7, 11) is 0. The van der Waals surface area contributed by atoms with E-state index in [1.807, 2.05) is 0 Å². The Balaban J connectivity index is 1.59. The molecule has 2 saturated carbocycles. The van der Waals surface area contributed by atoms with Crippen molar-refractivity contribution in [2.24, 2.45) is 16.8 Å². The van der Waals surface area contributed by atoms with Crippen molar-refractivity contribution in [3.63, 3.8) is 0 Å². The van der Waals surface area contributed by atoms with Gasteiger partial charge in [0, 0.05) is 23.2 Å². The molecule has 0 aliphatic heterocycles. The summed E-state index contributed by atoms with van der Waals surface area (Å²) in [6.45, 7) is 7.85. The first-order valence-electron chi connectivity index (χ1n) is 16.7. The number of aryl methyl sites for hydroxylation is 1. The van der Waals surface area contributed by atoms with Gasteiger partial charge in [0.05, 0.1) is 11.4 Å². The predicted molar refractivity (Wildman–Crippen MR) is 173 cm³/mol. The van der Waals surface area contributed by atoms with Crippen LogP contribution in [0.2, 0.25) is 0 Å². The highest BCUT2D eigenvalue weighted by Gasteiger charge is 2.21. The SMILES string of the molecule is CCCC(CCC)Cc1nc(C(=NCC2CCCCC2)c2cc(C3CCCCC3)ccc2C)cc2ccccc12. The van der Waals surface area contributed by atoms with E-state index in [0.717, 1.165) is 24.4 Å². The van der Waals surface area contributed by atoms with Gasteiger partial charge < -0.3 is 0 Å². The fourth-order valence-electron chi connectivity index (χ4n) is 7.47. The van der Waals surface area contributed by atoms with E-state index in [2.05, 4.69) is 69.3 Å². The van der Waals surface area contributed by atoms with Crippen LogP contribution in [-0.4, -0.2) is 17.2 Å². The van der Waals surface area contributed by atoms with Crippen molar-refractivity contribution in [3.8, 4) is 0 Å². The molecule has 2 heteroatoms. The second-order valence-corrected chi connectivity index (χ2v) is 12.9. The number of aromatic nitrogens is 1. The number of fused-ring (bicyclic) bond motifs is 1. The first-order chi connectivity index (χ1) is 19.7. The van der Waals surface area contributed by atoms with E-state index >= 15 is 0 Å². The summed E-state index contributed by atoms with van der Waals surface area (Å²) in [6, 6.07) is 18.5. The molecule has 214 valence electrons. The van der Waals surface area contributed by atoms with E-state index in [9.17, 15) is 0 Å². The summed E-state index contributed by atoms with van der Waals surface area (Å²) >= 11 is 0. The van der Waals surface area contributed by atoms with Crippen molar-refractivity contribution in [2.75, 3.05) is 6.54 Å². The number of hydrogen-bond acceptors (Lipinski definition) is 2. The molecule has 0 unspecified atom stereocenters. The van der Waals surface area contributed by atoms with Crippen molar-refractivity contribution in [1.82, 2.24) is 4.98 Å². The lowest BCUT2D eigenvalue weighted by atomic mass is 9.82. The van der Waals surface area contributed by atoms with Gasteiger partial charge in [0.2, 0.25) is 0 Å². The Bertz CT molecular complexity index is 1250. The summed E-state index contributed by atoms with van der Waals surface area (Å²) in [5.74, 6) is 2.10. The molecule has 0 radical (unpaired) electrons. The van der Waals surface area contributed by atoms with Gasteiger partial charge in [-0.25, -0.2) is 0 Å². The van der Waals surface area contributed by atoms with Crippen molar-refractivity contribution >= 4 is 16.5 Å². The number of pyridine rings is 1. The molecular weight excluding hydrogens is 484 g/mol. The quantitative estimate of drug-likeness (QED) is 0.224. The highest BCUT2D eigenvalue weighted by molar-refractivity contribution is 6.14. The van der Waals surface area contributed by atoms with Gasteiger partial charge in [0.1, 0.15) is 0 Å². The second kappa shape index (κ2) is 14.4. The molecule has 2 aromatic carbocycles. The zero-order chi connectivity index (χ0) is 27.7. The Morgan fingerprint density at radius 1 is 0.850 bits per heavy atom. The van der Waals surface area contributed by atoms with Gasteiger partial charge in [-0.2, -0.15) is 0 Å². The minimum atomic E-state index is 0.691.